The molecule has 0 saturated carbocycles. The van der Waals surface area contributed by atoms with E-state index in [9.17, 15) is 0 Å². The van der Waals surface area contributed by atoms with Gasteiger partial charge in [0.25, 0.3) is 0 Å². The molecule has 0 aromatic heterocycles. The van der Waals surface area contributed by atoms with Crippen LogP contribution in [-0.2, 0) is 5.41 Å². The highest BCUT2D eigenvalue weighted by Crippen LogP contribution is 2.57. The maximum absolute atomic E-state index is 2.45. The molecule has 0 spiro atoms. The Morgan fingerprint density at radius 1 is 0.341 bits per heavy atom. The first-order chi connectivity index (χ1) is 21.9. The van der Waals surface area contributed by atoms with Crippen LogP contribution in [0.15, 0.2) is 188 Å². The highest BCUT2D eigenvalue weighted by molar-refractivity contribution is 5.92. The van der Waals surface area contributed by atoms with Crippen LogP contribution in [0.5, 0.6) is 0 Å². The first-order valence-electron chi connectivity index (χ1n) is 15.2. The lowest BCUT2D eigenvalue weighted by Gasteiger charge is -2.34. The molecule has 0 aliphatic heterocycles. The normalized spacial score (nSPS) is 12.7. The van der Waals surface area contributed by atoms with Gasteiger partial charge in [-0.2, -0.15) is 0 Å². The lowest BCUT2D eigenvalue weighted by atomic mass is 9.67. The minimum atomic E-state index is -0.433. The molecule has 0 saturated heterocycles. The van der Waals surface area contributed by atoms with Gasteiger partial charge in [-0.15, -0.1) is 0 Å². The van der Waals surface area contributed by atoms with Crippen LogP contribution in [0.1, 0.15) is 22.3 Å². The minimum absolute atomic E-state index is 0.433. The molecule has 7 aromatic carbocycles. The molecule has 208 valence electrons. The van der Waals surface area contributed by atoms with Crippen molar-refractivity contribution in [2.45, 2.75) is 5.41 Å². The van der Waals surface area contributed by atoms with Crippen molar-refractivity contribution in [2.24, 2.45) is 0 Å². The number of fused-ring (bicyclic) bond motifs is 3. The third kappa shape index (κ3) is 4.09. The molecule has 0 atom stereocenters. The summed E-state index contributed by atoms with van der Waals surface area (Å²) in [5.41, 5.74) is 13.1. The summed E-state index contributed by atoms with van der Waals surface area (Å²) in [6.07, 6.45) is 0. The third-order valence-electron chi connectivity index (χ3n) is 8.94. The topological polar surface area (TPSA) is 3.24 Å². The number of para-hydroxylation sites is 3. The molecule has 0 unspecified atom stereocenters. The van der Waals surface area contributed by atoms with Crippen molar-refractivity contribution in [2.75, 3.05) is 4.90 Å². The van der Waals surface area contributed by atoms with Gasteiger partial charge in [0.05, 0.1) is 11.1 Å². The number of hydrogen-bond donors (Lipinski definition) is 0. The van der Waals surface area contributed by atoms with Gasteiger partial charge in [0.15, 0.2) is 0 Å². The summed E-state index contributed by atoms with van der Waals surface area (Å²) in [5, 5.41) is 0. The van der Waals surface area contributed by atoms with Crippen molar-refractivity contribution in [1.29, 1.82) is 0 Å². The predicted octanol–water partition coefficient (Wildman–Crippen LogP) is 11.2. The van der Waals surface area contributed by atoms with E-state index in [4.69, 9.17) is 0 Å². The molecule has 1 aliphatic carbocycles. The fraction of sp³-hybridized carbons (Fsp3) is 0.0233. The second-order valence-electron chi connectivity index (χ2n) is 11.3. The van der Waals surface area contributed by atoms with Gasteiger partial charge in [-0.05, 0) is 75.3 Å². The van der Waals surface area contributed by atoms with Gasteiger partial charge in [-0.25, -0.2) is 0 Å². The van der Waals surface area contributed by atoms with Crippen LogP contribution in [0.25, 0.3) is 22.3 Å². The summed E-state index contributed by atoms with van der Waals surface area (Å²) in [7, 11) is 0. The van der Waals surface area contributed by atoms with E-state index in [1.165, 1.54) is 44.5 Å². The van der Waals surface area contributed by atoms with Gasteiger partial charge in [0.2, 0.25) is 0 Å². The quantitative estimate of drug-likeness (QED) is 0.195. The molecule has 0 fully saturated rings. The van der Waals surface area contributed by atoms with Crippen LogP contribution in [-0.4, -0.2) is 0 Å². The lowest BCUT2D eigenvalue weighted by molar-refractivity contribution is 0.769. The van der Waals surface area contributed by atoms with Crippen molar-refractivity contribution >= 4 is 17.1 Å². The van der Waals surface area contributed by atoms with Crippen molar-refractivity contribution in [3.05, 3.63) is 210 Å². The fourth-order valence-electron chi connectivity index (χ4n) is 7.11. The lowest BCUT2D eigenvalue weighted by Crippen LogP contribution is -2.28. The summed E-state index contributed by atoms with van der Waals surface area (Å²) in [4.78, 5) is 2.36. The van der Waals surface area contributed by atoms with E-state index in [0.29, 0.717) is 0 Å². The molecule has 0 N–H and O–H groups in total. The van der Waals surface area contributed by atoms with Crippen LogP contribution < -0.4 is 4.90 Å². The zero-order chi connectivity index (χ0) is 29.3. The van der Waals surface area contributed by atoms with Crippen LogP contribution in [0.4, 0.5) is 17.1 Å². The van der Waals surface area contributed by atoms with Crippen molar-refractivity contribution in [3.63, 3.8) is 0 Å². The average molecular weight is 562 g/mol. The van der Waals surface area contributed by atoms with Crippen molar-refractivity contribution in [3.8, 4) is 22.3 Å². The predicted molar refractivity (Wildman–Crippen MR) is 184 cm³/mol. The monoisotopic (exact) mass is 561 g/mol. The van der Waals surface area contributed by atoms with Gasteiger partial charge in [-0.1, -0.05) is 152 Å². The Hall–Kier alpha value is -5.66. The minimum Gasteiger partial charge on any atom is -0.310 e. The largest absolute Gasteiger partial charge is 0.310 e. The molecule has 1 aliphatic rings. The van der Waals surface area contributed by atoms with Crippen LogP contribution in [0.3, 0.4) is 0 Å². The van der Waals surface area contributed by atoms with Crippen LogP contribution in [0.2, 0.25) is 0 Å². The summed E-state index contributed by atoms with van der Waals surface area (Å²) < 4.78 is 0. The summed E-state index contributed by atoms with van der Waals surface area (Å²) in [6.45, 7) is 0. The number of hydrogen-bond acceptors (Lipinski definition) is 1. The highest BCUT2D eigenvalue weighted by atomic mass is 15.1. The van der Waals surface area contributed by atoms with Gasteiger partial charge >= 0.3 is 0 Å². The maximum Gasteiger partial charge on any atom is 0.0713 e. The SMILES string of the molecule is c1ccc(N(c2ccccc2)c2ccccc2-c2ccc3c(c2)C(c2ccccc2)(c2ccccc2)c2ccccc2-3)cc1. The highest BCUT2D eigenvalue weighted by Gasteiger charge is 2.46. The van der Waals surface area contributed by atoms with E-state index in [1.54, 1.807) is 0 Å². The number of rotatable bonds is 6. The van der Waals surface area contributed by atoms with E-state index in [-0.39, 0.29) is 0 Å². The molecule has 7 aromatic rings. The summed E-state index contributed by atoms with van der Waals surface area (Å²) in [6, 6.07) is 68.1. The molecule has 1 heteroatoms. The zero-order valence-electron chi connectivity index (χ0n) is 24.3. The summed E-state index contributed by atoms with van der Waals surface area (Å²) in [5.74, 6) is 0. The van der Waals surface area contributed by atoms with E-state index in [2.05, 4.69) is 193 Å². The molecule has 0 amide bonds. The van der Waals surface area contributed by atoms with Crippen LogP contribution in [0, 0.1) is 0 Å². The molecule has 44 heavy (non-hydrogen) atoms. The first-order valence-corrected chi connectivity index (χ1v) is 15.2. The summed E-state index contributed by atoms with van der Waals surface area (Å²) >= 11 is 0. The van der Waals surface area contributed by atoms with Crippen molar-refractivity contribution in [1.82, 2.24) is 0 Å². The van der Waals surface area contributed by atoms with Gasteiger partial charge < -0.3 is 4.90 Å². The zero-order valence-corrected chi connectivity index (χ0v) is 24.3. The second kappa shape index (κ2) is 10.9. The molecular weight excluding hydrogens is 530 g/mol. The standard InChI is InChI=1S/C43H31N/c1-5-17-33(18-6-1)43(34-19-7-2-8-20-34)40-27-15-13-26-38(40)39-30-29-32(31-41(39)43)37-25-14-16-28-42(37)44(35-21-9-3-10-22-35)36-23-11-4-12-24-36/h1-31H. The van der Waals surface area contributed by atoms with Crippen LogP contribution >= 0.6 is 0 Å². The molecular formula is C43H31N. The van der Waals surface area contributed by atoms with Crippen molar-refractivity contribution < 1.29 is 0 Å². The average Bonchev–Trinajstić information content (AvgIpc) is 3.41. The van der Waals surface area contributed by atoms with E-state index in [1.807, 2.05) is 0 Å². The Morgan fingerprint density at radius 2 is 0.795 bits per heavy atom. The Bertz CT molecular complexity index is 1970. The van der Waals surface area contributed by atoms with E-state index in [0.717, 1.165) is 17.1 Å². The number of benzene rings is 7. The Kier molecular flexibility index (Phi) is 6.43. The second-order valence-corrected chi connectivity index (χ2v) is 11.3. The maximum atomic E-state index is 2.45. The molecule has 1 nitrogen and oxygen atoms in total. The molecule has 0 bridgehead atoms. The van der Waals surface area contributed by atoms with Gasteiger partial charge in [0.1, 0.15) is 0 Å². The fourth-order valence-corrected chi connectivity index (χ4v) is 7.11. The third-order valence-corrected chi connectivity index (χ3v) is 8.94. The Balaban J connectivity index is 1.40. The Morgan fingerprint density at radius 3 is 1.39 bits per heavy atom. The smallest absolute Gasteiger partial charge is 0.0713 e. The Labute approximate surface area is 259 Å². The first kappa shape index (κ1) is 26.0. The van der Waals surface area contributed by atoms with Gasteiger partial charge in [0, 0.05) is 16.9 Å². The molecule has 8 rings (SSSR count). The van der Waals surface area contributed by atoms with E-state index >= 15 is 0 Å². The molecule has 0 radical (unpaired) electrons. The van der Waals surface area contributed by atoms with Gasteiger partial charge in [-0.3, -0.25) is 0 Å². The number of nitrogens with zero attached hydrogens (tertiary/aromatic N) is 1. The number of anilines is 3. The molecule has 0 heterocycles. The van der Waals surface area contributed by atoms with E-state index < -0.39 is 5.41 Å².